The fraction of sp³-hybridized carbons (Fsp3) is 0.500. The Kier molecular flexibility index (Phi) is 3.14. The zero-order valence-corrected chi connectivity index (χ0v) is 12.8. The van der Waals surface area contributed by atoms with Crippen molar-refractivity contribution in [2.45, 2.75) is 24.7 Å². The Balaban J connectivity index is 1.89. The van der Waals surface area contributed by atoms with Gasteiger partial charge in [0.15, 0.2) is 11.5 Å². The van der Waals surface area contributed by atoms with Crippen molar-refractivity contribution in [3.63, 3.8) is 0 Å². The molecular formula is C14H16ClN5O3. The van der Waals surface area contributed by atoms with Gasteiger partial charge >= 0.3 is 0 Å². The number of hydrogen-bond acceptors (Lipinski definition) is 7. The topological polar surface area (TPSA) is 130 Å². The van der Waals surface area contributed by atoms with Crippen molar-refractivity contribution < 1.29 is 15.3 Å². The van der Waals surface area contributed by atoms with E-state index in [9.17, 15) is 15.3 Å². The van der Waals surface area contributed by atoms with Crippen LogP contribution in [0.2, 0.25) is 5.28 Å². The third-order valence-electron chi connectivity index (χ3n) is 5.17. The molecule has 0 amide bonds. The molecule has 0 bridgehead atoms. The van der Waals surface area contributed by atoms with Crippen molar-refractivity contribution in [3.05, 3.63) is 23.8 Å². The van der Waals surface area contributed by atoms with Crippen molar-refractivity contribution in [2.75, 3.05) is 12.3 Å². The van der Waals surface area contributed by atoms with E-state index in [4.69, 9.17) is 17.3 Å². The normalized spacial score (nSPS) is 36.0. The Labute approximate surface area is 136 Å². The van der Waals surface area contributed by atoms with Crippen molar-refractivity contribution in [1.29, 1.82) is 0 Å². The zero-order valence-electron chi connectivity index (χ0n) is 12.0. The lowest BCUT2D eigenvalue weighted by atomic mass is 9.78. The summed E-state index contributed by atoms with van der Waals surface area (Å²) in [5, 5.41) is 30.9. The number of allylic oxidation sites excluding steroid dienone is 2. The standard InChI is InChI=1S/C14H16ClN5O3/c15-13-18-11(16)7-12(19-13)20(5-17-7)8-6-2-1-3-14(6,4-21)10(23)9(8)22/h1-2,5-6,8-10,21-23H,3-4H2,(H2,16,18,19)/t6-,8-,9+,10+,14+/m1/s1. The Morgan fingerprint density at radius 3 is 2.91 bits per heavy atom. The van der Waals surface area contributed by atoms with Crippen LogP contribution in [0.4, 0.5) is 5.82 Å². The first-order chi connectivity index (χ1) is 11.0. The highest BCUT2D eigenvalue weighted by molar-refractivity contribution is 6.28. The molecule has 122 valence electrons. The molecule has 23 heavy (non-hydrogen) atoms. The molecule has 0 aliphatic heterocycles. The molecule has 8 nitrogen and oxygen atoms in total. The van der Waals surface area contributed by atoms with E-state index in [-0.39, 0.29) is 23.6 Å². The van der Waals surface area contributed by atoms with E-state index >= 15 is 0 Å². The number of halogens is 1. The summed E-state index contributed by atoms with van der Waals surface area (Å²) >= 11 is 5.88. The third-order valence-corrected chi connectivity index (χ3v) is 5.34. The van der Waals surface area contributed by atoms with Gasteiger partial charge in [-0.3, -0.25) is 0 Å². The predicted octanol–water partition coefficient (Wildman–Crippen LogP) is -0.107. The monoisotopic (exact) mass is 337 g/mol. The summed E-state index contributed by atoms with van der Waals surface area (Å²) < 4.78 is 1.66. The summed E-state index contributed by atoms with van der Waals surface area (Å²) in [4.78, 5) is 12.2. The van der Waals surface area contributed by atoms with E-state index in [1.165, 1.54) is 6.33 Å². The lowest BCUT2D eigenvalue weighted by Gasteiger charge is -2.31. The molecule has 4 rings (SSSR count). The first-order valence-electron chi connectivity index (χ1n) is 7.29. The van der Waals surface area contributed by atoms with Crippen LogP contribution in [0.1, 0.15) is 12.5 Å². The quantitative estimate of drug-likeness (QED) is 0.444. The highest BCUT2D eigenvalue weighted by atomic mass is 35.5. The molecule has 0 saturated heterocycles. The van der Waals surface area contributed by atoms with E-state index < -0.39 is 23.7 Å². The van der Waals surface area contributed by atoms with E-state index in [1.807, 2.05) is 12.2 Å². The Morgan fingerprint density at radius 2 is 2.17 bits per heavy atom. The average Bonchev–Trinajstić information content (AvgIpc) is 3.16. The van der Waals surface area contributed by atoms with Gasteiger partial charge in [-0.05, 0) is 18.0 Å². The lowest BCUT2D eigenvalue weighted by Crippen LogP contribution is -2.39. The predicted molar refractivity (Wildman–Crippen MR) is 82.6 cm³/mol. The van der Waals surface area contributed by atoms with E-state index in [1.54, 1.807) is 4.57 Å². The number of nitrogens with two attached hydrogens (primary N) is 1. The molecule has 0 aromatic carbocycles. The SMILES string of the molecule is Nc1nc(Cl)nc2c1ncn2[C@H]1[C@H](O)[C@H](O)[C@]2(CO)CC=C[C@H]12. The number of aliphatic hydroxyl groups is 3. The molecule has 1 saturated carbocycles. The Bertz CT molecular complexity index is 809. The van der Waals surface area contributed by atoms with E-state index in [0.29, 0.717) is 17.6 Å². The first kappa shape index (κ1) is 14.8. The van der Waals surface area contributed by atoms with Gasteiger partial charge in [-0.2, -0.15) is 9.97 Å². The van der Waals surface area contributed by atoms with Gasteiger partial charge in [0.2, 0.25) is 5.28 Å². The fourth-order valence-corrected chi connectivity index (χ4v) is 4.17. The molecule has 2 aliphatic rings. The number of nitrogen functional groups attached to an aromatic ring is 1. The van der Waals surface area contributed by atoms with E-state index in [0.717, 1.165) is 0 Å². The molecule has 0 unspecified atom stereocenters. The molecule has 2 aromatic heterocycles. The number of aliphatic hydroxyl groups excluding tert-OH is 3. The van der Waals surface area contributed by atoms with Crippen LogP contribution in [0, 0.1) is 11.3 Å². The maximum atomic E-state index is 10.6. The summed E-state index contributed by atoms with van der Waals surface area (Å²) in [6, 6.07) is -0.522. The molecule has 2 aliphatic carbocycles. The first-order valence-corrected chi connectivity index (χ1v) is 7.66. The van der Waals surface area contributed by atoms with Gasteiger partial charge in [0, 0.05) is 11.3 Å². The van der Waals surface area contributed by atoms with Crippen LogP contribution in [-0.4, -0.2) is 53.7 Å². The largest absolute Gasteiger partial charge is 0.396 e. The van der Waals surface area contributed by atoms with Gasteiger partial charge < -0.3 is 25.6 Å². The van der Waals surface area contributed by atoms with Crippen LogP contribution in [-0.2, 0) is 0 Å². The van der Waals surface area contributed by atoms with Crippen molar-refractivity contribution in [1.82, 2.24) is 19.5 Å². The van der Waals surface area contributed by atoms with Gasteiger partial charge in [-0.25, -0.2) is 4.98 Å². The Hall–Kier alpha value is -1.74. The number of rotatable bonds is 2. The van der Waals surface area contributed by atoms with Crippen LogP contribution >= 0.6 is 11.6 Å². The summed E-state index contributed by atoms with van der Waals surface area (Å²) in [7, 11) is 0. The van der Waals surface area contributed by atoms with Crippen LogP contribution in [0.3, 0.4) is 0 Å². The second kappa shape index (κ2) is 4.88. The molecule has 5 N–H and O–H groups in total. The number of hydrogen-bond donors (Lipinski definition) is 4. The number of nitrogens with zero attached hydrogens (tertiary/aromatic N) is 4. The van der Waals surface area contributed by atoms with Crippen LogP contribution < -0.4 is 5.73 Å². The molecule has 2 heterocycles. The molecular weight excluding hydrogens is 322 g/mol. The minimum Gasteiger partial charge on any atom is -0.396 e. The molecule has 1 fully saturated rings. The van der Waals surface area contributed by atoms with Gasteiger partial charge in [-0.1, -0.05) is 12.2 Å². The maximum absolute atomic E-state index is 10.6. The third kappa shape index (κ3) is 1.80. The smallest absolute Gasteiger partial charge is 0.226 e. The average molecular weight is 338 g/mol. The number of imidazole rings is 1. The second-order valence-corrected chi connectivity index (χ2v) is 6.52. The molecule has 0 radical (unpaired) electrons. The highest BCUT2D eigenvalue weighted by Gasteiger charge is 2.60. The van der Waals surface area contributed by atoms with E-state index in [2.05, 4.69) is 15.0 Å². The number of aromatic nitrogens is 4. The number of fused-ring (bicyclic) bond motifs is 2. The highest BCUT2D eigenvalue weighted by Crippen LogP contribution is 2.55. The zero-order chi connectivity index (χ0) is 16.4. The van der Waals surface area contributed by atoms with Gasteiger partial charge in [0.25, 0.3) is 0 Å². The van der Waals surface area contributed by atoms with Crippen molar-refractivity contribution in [2.24, 2.45) is 11.3 Å². The summed E-state index contributed by atoms with van der Waals surface area (Å²) in [5.74, 6) is -0.0907. The summed E-state index contributed by atoms with van der Waals surface area (Å²) in [5.41, 5.74) is 5.81. The maximum Gasteiger partial charge on any atom is 0.226 e. The Morgan fingerprint density at radius 1 is 1.39 bits per heavy atom. The van der Waals surface area contributed by atoms with Gasteiger partial charge in [0.1, 0.15) is 11.6 Å². The lowest BCUT2D eigenvalue weighted by molar-refractivity contribution is -0.0499. The van der Waals surface area contributed by atoms with Crippen molar-refractivity contribution in [3.8, 4) is 0 Å². The molecule has 5 atom stereocenters. The molecule has 9 heteroatoms. The molecule has 0 spiro atoms. The second-order valence-electron chi connectivity index (χ2n) is 6.18. The van der Waals surface area contributed by atoms with Gasteiger partial charge in [0.05, 0.1) is 25.1 Å². The summed E-state index contributed by atoms with van der Waals surface area (Å²) in [6.45, 7) is -0.218. The fourth-order valence-electron chi connectivity index (χ4n) is 4.00. The minimum atomic E-state index is -1.07. The number of anilines is 1. The van der Waals surface area contributed by atoms with Crippen LogP contribution in [0.5, 0.6) is 0 Å². The molecule has 2 aromatic rings. The van der Waals surface area contributed by atoms with Crippen molar-refractivity contribution >= 4 is 28.6 Å². The van der Waals surface area contributed by atoms with Crippen LogP contribution in [0.25, 0.3) is 11.2 Å². The van der Waals surface area contributed by atoms with Crippen LogP contribution in [0.15, 0.2) is 18.5 Å². The van der Waals surface area contributed by atoms with Gasteiger partial charge in [-0.15, -0.1) is 0 Å². The minimum absolute atomic E-state index is 0.0137. The summed E-state index contributed by atoms with van der Waals surface area (Å²) in [6.07, 6.45) is 3.73.